The van der Waals surface area contributed by atoms with E-state index in [2.05, 4.69) is 23.4 Å². The van der Waals surface area contributed by atoms with E-state index in [0.29, 0.717) is 5.56 Å². The largest absolute Gasteiger partial charge is 0.399 e. The minimum absolute atomic E-state index is 0. The van der Waals surface area contributed by atoms with Crippen molar-refractivity contribution in [3.8, 4) is 0 Å². The number of amides is 1. The second-order valence-corrected chi connectivity index (χ2v) is 6.65. The Balaban J connectivity index is 0.00000225. The van der Waals surface area contributed by atoms with Crippen molar-refractivity contribution in [3.05, 3.63) is 46.3 Å². The van der Waals surface area contributed by atoms with Crippen LogP contribution in [-0.2, 0) is 13.0 Å². The van der Waals surface area contributed by atoms with Crippen molar-refractivity contribution in [2.45, 2.75) is 59.0 Å². The molecule has 3 rings (SSSR count). The maximum absolute atomic E-state index is 12.9. The lowest BCUT2D eigenvalue weighted by atomic mass is 9.87. The van der Waals surface area contributed by atoms with Crippen molar-refractivity contribution in [1.82, 2.24) is 15.1 Å². The number of nitrogens with two attached hydrogens (primary N) is 1. The van der Waals surface area contributed by atoms with E-state index < -0.39 is 0 Å². The number of aryl methyl sites for hydroxylation is 3. The summed E-state index contributed by atoms with van der Waals surface area (Å²) in [6.45, 7) is 6.83. The molecule has 0 aliphatic heterocycles. The first kappa shape index (κ1) is 19.3. The van der Waals surface area contributed by atoms with Gasteiger partial charge in [-0.15, -0.1) is 12.4 Å². The highest BCUT2D eigenvalue weighted by molar-refractivity contribution is 5.96. The number of fused-ring (bicyclic) bond motifs is 1. The Kier molecular flexibility index (Phi) is 6.11. The first-order valence-electron chi connectivity index (χ1n) is 8.74. The van der Waals surface area contributed by atoms with E-state index in [4.69, 9.17) is 5.73 Å². The summed E-state index contributed by atoms with van der Waals surface area (Å²) in [6.07, 6.45) is 4.05. The minimum atomic E-state index is -0.0259. The molecule has 1 aliphatic carbocycles. The van der Waals surface area contributed by atoms with Gasteiger partial charge in [-0.3, -0.25) is 9.48 Å². The summed E-state index contributed by atoms with van der Waals surface area (Å²) in [4.78, 5) is 12.9. The van der Waals surface area contributed by atoms with Gasteiger partial charge in [-0.1, -0.05) is 13.0 Å². The molecule has 0 spiro atoms. The molecule has 0 saturated heterocycles. The summed E-state index contributed by atoms with van der Waals surface area (Å²) in [5.41, 5.74) is 11.6. The van der Waals surface area contributed by atoms with Gasteiger partial charge in [-0.2, -0.15) is 5.10 Å². The van der Waals surface area contributed by atoms with E-state index in [1.807, 2.05) is 30.7 Å². The van der Waals surface area contributed by atoms with E-state index in [-0.39, 0.29) is 24.4 Å². The molecule has 0 bridgehead atoms. The van der Waals surface area contributed by atoms with Crippen molar-refractivity contribution in [2.24, 2.45) is 0 Å². The van der Waals surface area contributed by atoms with Gasteiger partial charge in [0.05, 0.1) is 17.3 Å². The van der Waals surface area contributed by atoms with Gasteiger partial charge in [-0.05, 0) is 62.8 Å². The van der Waals surface area contributed by atoms with Crippen molar-refractivity contribution >= 4 is 24.0 Å². The Morgan fingerprint density at radius 2 is 2.16 bits per heavy atom. The summed E-state index contributed by atoms with van der Waals surface area (Å²) in [5, 5.41) is 7.72. The Morgan fingerprint density at radius 3 is 2.88 bits per heavy atom. The van der Waals surface area contributed by atoms with Crippen molar-refractivity contribution in [1.29, 1.82) is 0 Å². The first-order valence-corrected chi connectivity index (χ1v) is 8.74. The number of nitrogens with zero attached hydrogens (tertiary/aromatic N) is 2. The minimum Gasteiger partial charge on any atom is -0.399 e. The molecule has 2 aromatic rings. The third kappa shape index (κ3) is 3.82. The van der Waals surface area contributed by atoms with Gasteiger partial charge in [0.15, 0.2) is 0 Å². The normalized spacial score (nSPS) is 16.0. The molecule has 5 nitrogen and oxygen atoms in total. The summed E-state index contributed by atoms with van der Waals surface area (Å²) < 4.78 is 1.93. The van der Waals surface area contributed by atoms with Crippen LogP contribution in [0.5, 0.6) is 0 Å². The first-order chi connectivity index (χ1) is 11.5. The van der Waals surface area contributed by atoms with E-state index in [1.165, 1.54) is 11.1 Å². The fourth-order valence-electron chi connectivity index (χ4n) is 3.67. The van der Waals surface area contributed by atoms with E-state index in [9.17, 15) is 4.79 Å². The van der Waals surface area contributed by atoms with Crippen LogP contribution in [0.15, 0.2) is 18.2 Å². The summed E-state index contributed by atoms with van der Waals surface area (Å²) in [5.74, 6) is -0.0259. The quantitative estimate of drug-likeness (QED) is 0.814. The Hall–Kier alpha value is -2.01. The number of nitrogens with one attached hydrogen (secondary N) is 1. The second-order valence-electron chi connectivity index (χ2n) is 6.65. The Morgan fingerprint density at radius 1 is 1.40 bits per heavy atom. The van der Waals surface area contributed by atoms with E-state index in [1.54, 1.807) is 0 Å². The van der Waals surface area contributed by atoms with Crippen LogP contribution in [0.1, 0.15) is 65.1 Å². The molecule has 25 heavy (non-hydrogen) atoms. The summed E-state index contributed by atoms with van der Waals surface area (Å²) >= 11 is 0. The molecular formula is C19H27ClN4O. The topological polar surface area (TPSA) is 72.9 Å². The van der Waals surface area contributed by atoms with Crippen LogP contribution in [0.25, 0.3) is 0 Å². The molecule has 6 heteroatoms. The molecule has 3 N–H and O–H groups in total. The van der Waals surface area contributed by atoms with Gasteiger partial charge in [0.25, 0.3) is 5.91 Å². The second kappa shape index (κ2) is 7.91. The van der Waals surface area contributed by atoms with Crippen LogP contribution in [-0.4, -0.2) is 15.7 Å². The molecule has 1 amide bonds. The standard InChI is InChI=1S/C19H26N4O.ClH/c1-4-10-23-13(3)18(12(2)22-23)19(24)21-17-7-5-6-14-11-15(20)8-9-16(14)17;/h8-9,11,17H,4-7,10,20H2,1-3H3,(H,21,24);1H. The Bertz CT molecular complexity index is 769. The van der Waals surface area contributed by atoms with Gasteiger partial charge in [0.2, 0.25) is 0 Å². The third-order valence-electron chi connectivity index (χ3n) is 4.83. The number of benzene rings is 1. The van der Waals surface area contributed by atoms with E-state index >= 15 is 0 Å². The molecule has 1 atom stereocenters. The molecule has 0 radical (unpaired) electrons. The SMILES string of the molecule is CCCn1nc(C)c(C(=O)NC2CCCc3cc(N)ccc32)c1C.Cl. The molecule has 1 unspecified atom stereocenters. The molecule has 136 valence electrons. The molecule has 0 fully saturated rings. The van der Waals surface area contributed by atoms with Gasteiger partial charge in [0.1, 0.15) is 0 Å². The fraction of sp³-hybridized carbons (Fsp3) is 0.474. The highest BCUT2D eigenvalue weighted by atomic mass is 35.5. The number of anilines is 1. The monoisotopic (exact) mass is 362 g/mol. The zero-order chi connectivity index (χ0) is 17.3. The molecular weight excluding hydrogens is 336 g/mol. The van der Waals surface area contributed by atoms with Crippen molar-refractivity contribution in [3.63, 3.8) is 0 Å². The molecule has 1 heterocycles. The summed E-state index contributed by atoms with van der Waals surface area (Å²) in [7, 11) is 0. The number of halogens is 1. The number of aromatic nitrogens is 2. The van der Waals surface area contributed by atoms with Crippen LogP contribution in [0.2, 0.25) is 0 Å². The van der Waals surface area contributed by atoms with Crippen LogP contribution >= 0.6 is 12.4 Å². The average molecular weight is 363 g/mol. The number of nitrogen functional groups attached to an aromatic ring is 1. The van der Waals surface area contributed by atoms with Crippen LogP contribution in [0.4, 0.5) is 5.69 Å². The molecule has 1 aliphatic rings. The van der Waals surface area contributed by atoms with Crippen molar-refractivity contribution < 1.29 is 4.79 Å². The fourth-order valence-corrected chi connectivity index (χ4v) is 3.67. The van der Waals surface area contributed by atoms with Gasteiger partial charge < -0.3 is 11.1 Å². The van der Waals surface area contributed by atoms with Gasteiger partial charge in [-0.25, -0.2) is 0 Å². The lowest BCUT2D eigenvalue weighted by Crippen LogP contribution is -2.31. The predicted molar refractivity (Wildman–Crippen MR) is 103 cm³/mol. The summed E-state index contributed by atoms with van der Waals surface area (Å²) in [6, 6.07) is 6.05. The average Bonchev–Trinajstić information content (AvgIpc) is 2.81. The van der Waals surface area contributed by atoms with E-state index in [0.717, 1.165) is 49.3 Å². The lowest BCUT2D eigenvalue weighted by molar-refractivity contribution is 0.0931. The third-order valence-corrected chi connectivity index (χ3v) is 4.83. The molecule has 1 aromatic carbocycles. The van der Waals surface area contributed by atoms with Gasteiger partial charge >= 0.3 is 0 Å². The van der Waals surface area contributed by atoms with Crippen molar-refractivity contribution in [2.75, 3.05) is 5.73 Å². The number of carbonyl (C=O) groups excluding carboxylic acids is 1. The Labute approximate surface area is 155 Å². The van der Waals surface area contributed by atoms with Crippen LogP contribution < -0.4 is 11.1 Å². The number of hydrogen-bond acceptors (Lipinski definition) is 3. The van der Waals surface area contributed by atoms with Crippen LogP contribution in [0, 0.1) is 13.8 Å². The maximum atomic E-state index is 12.9. The highest BCUT2D eigenvalue weighted by Crippen LogP contribution is 2.31. The van der Waals surface area contributed by atoms with Crippen LogP contribution in [0.3, 0.4) is 0 Å². The highest BCUT2D eigenvalue weighted by Gasteiger charge is 2.25. The molecule has 1 aromatic heterocycles. The number of carbonyl (C=O) groups is 1. The zero-order valence-corrected chi connectivity index (χ0v) is 15.9. The smallest absolute Gasteiger partial charge is 0.255 e. The zero-order valence-electron chi connectivity index (χ0n) is 15.1. The number of rotatable bonds is 4. The molecule has 0 saturated carbocycles. The maximum Gasteiger partial charge on any atom is 0.255 e. The van der Waals surface area contributed by atoms with Gasteiger partial charge in [0, 0.05) is 17.9 Å². The number of hydrogen-bond donors (Lipinski definition) is 2. The predicted octanol–water partition coefficient (Wildman–Crippen LogP) is 3.72. The lowest BCUT2D eigenvalue weighted by Gasteiger charge is -2.26.